The summed E-state index contributed by atoms with van der Waals surface area (Å²) in [5.41, 5.74) is 8.54. The molecule has 1 amide bonds. The molecule has 0 aliphatic carbocycles. The standard InChI is InChI=1S/C26H24N2O3.C2HF3O2/c27-22(16-17-10-13-20(29)14-11-17)26(31)28-25(19-7-2-1-3-8-19)24-21-9-5-4-6-18(21)12-15-23(24)30;3-2(4,5)1(6)7/h1-15,22,25,29-30H,16,27H2,(H,28,31);(H,6,7)/t22-,25?;/m0./s1. The lowest BCUT2D eigenvalue weighted by Gasteiger charge is -2.24. The van der Waals surface area contributed by atoms with Crippen LogP contribution in [0.25, 0.3) is 10.8 Å². The molecule has 0 saturated heterocycles. The number of alkyl halides is 3. The second-order valence-corrected chi connectivity index (χ2v) is 8.35. The summed E-state index contributed by atoms with van der Waals surface area (Å²) in [6, 6.07) is 26.1. The van der Waals surface area contributed by atoms with Gasteiger partial charge in [0.1, 0.15) is 11.5 Å². The minimum absolute atomic E-state index is 0.111. The molecule has 0 bridgehead atoms. The number of hydrogen-bond acceptors (Lipinski definition) is 5. The van der Waals surface area contributed by atoms with Crippen molar-refractivity contribution in [1.82, 2.24) is 5.32 Å². The maximum Gasteiger partial charge on any atom is 0.490 e. The van der Waals surface area contributed by atoms with Crippen LogP contribution in [-0.2, 0) is 16.0 Å². The van der Waals surface area contributed by atoms with Gasteiger partial charge in [0.15, 0.2) is 0 Å². The van der Waals surface area contributed by atoms with Gasteiger partial charge in [-0.15, -0.1) is 0 Å². The number of benzene rings is 4. The van der Waals surface area contributed by atoms with Crippen molar-refractivity contribution in [3.8, 4) is 11.5 Å². The Morgan fingerprint density at radius 2 is 1.42 bits per heavy atom. The fourth-order valence-electron chi connectivity index (χ4n) is 3.78. The van der Waals surface area contributed by atoms with Crippen molar-refractivity contribution in [3.63, 3.8) is 0 Å². The highest BCUT2D eigenvalue weighted by molar-refractivity contribution is 5.90. The number of nitrogens with one attached hydrogen (secondary N) is 1. The van der Waals surface area contributed by atoms with Crippen LogP contribution in [0.15, 0.2) is 91.0 Å². The first-order valence-electron chi connectivity index (χ1n) is 11.4. The second kappa shape index (κ2) is 12.1. The van der Waals surface area contributed by atoms with Gasteiger partial charge in [-0.1, -0.05) is 72.8 Å². The van der Waals surface area contributed by atoms with Gasteiger partial charge >= 0.3 is 12.1 Å². The molecule has 0 spiro atoms. The van der Waals surface area contributed by atoms with E-state index < -0.39 is 24.2 Å². The number of fused-ring (bicyclic) bond motifs is 1. The topological polar surface area (TPSA) is 133 Å². The van der Waals surface area contributed by atoms with Gasteiger partial charge in [-0.25, -0.2) is 4.79 Å². The predicted molar refractivity (Wildman–Crippen MR) is 136 cm³/mol. The average Bonchev–Trinajstić information content (AvgIpc) is 2.89. The molecule has 4 aromatic rings. The van der Waals surface area contributed by atoms with E-state index in [9.17, 15) is 28.2 Å². The molecule has 198 valence electrons. The van der Waals surface area contributed by atoms with E-state index in [2.05, 4.69) is 5.32 Å². The number of phenols is 2. The second-order valence-electron chi connectivity index (χ2n) is 8.35. The molecule has 0 heterocycles. The normalized spacial score (nSPS) is 12.6. The van der Waals surface area contributed by atoms with Crippen molar-refractivity contribution in [2.75, 3.05) is 0 Å². The summed E-state index contributed by atoms with van der Waals surface area (Å²) in [4.78, 5) is 21.9. The zero-order chi connectivity index (χ0) is 27.9. The SMILES string of the molecule is N[C@@H](Cc1ccc(O)cc1)C(=O)NC(c1ccccc1)c1c(O)ccc2ccccc12.O=C(O)C(F)(F)F. The number of carboxylic acids is 1. The molecule has 10 heteroatoms. The first kappa shape index (κ1) is 28.0. The zero-order valence-corrected chi connectivity index (χ0v) is 19.9. The number of phenolic OH excluding ortho intramolecular Hbond substituents is 2. The van der Waals surface area contributed by atoms with Gasteiger partial charge in [0.2, 0.25) is 5.91 Å². The first-order valence-corrected chi connectivity index (χ1v) is 11.4. The number of amides is 1. The quantitative estimate of drug-likeness (QED) is 0.248. The third kappa shape index (κ3) is 7.23. The van der Waals surface area contributed by atoms with Crippen LogP contribution in [0.5, 0.6) is 11.5 Å². The number of halogens is 3. The highest BCUT2D eigenvalue weighted by atomic mass is 19.4. The molecule has 4 rings (SSSR count). The van der Waals surface area contributed by atoms with Crippen LogP contribution in [0.2, 0.25) is 0 Å². The summed E-state index contributed by atoms with van der Waals surface area (Å²) in [6.45, 7) is 0. The van der Waals surface area contributed by atoms with E-state index in [1.165, 1.54) is 0 Å². The molecule has 0 radical (unpaired) electrons. The number of carbonyl (C=O) groups excluding carboxylic acids is 1. The average molecular weight is 527 g/mol. The number of carbonyl (C=O) groups is 2. The summed E-state index contributed by atoms with van der Waals surface area (Å²) in [7, 11) is 0. The summed E-state index contributed by atoms with van der Waals surface area (Å²) in [5, 5.41) is 32.2. The molecule has 4 aromatic carbocycles. The number of rotatable bonds is 6. The maximum absolute atomic E-state index is 13.1. The summed E-state index contributed by atoms with van der Waals surface area (Å²) < 4.78 is 31.7. The van der Waals surface area contributed by atoms with E-state index in [0.717, 1.165) is 21.9 Å². The highest BCUT2D eigenvalue weighted by Gasteiger charge is 2.38. The van der Waals surface area contributed by atoms with Gasteiger partial charge in [0.25, 0.3) is 0 Å². The van der Waals surface area contributed by atoms with Gasteiger partial charge in [-0.3, -0.25) is 4.79 Å². The largest absolute Gasteiger partial charge is 0.508 e. The lowest BCUT2D eigenvalue weighted by atomic mass is 9.92. The summed E-state index contributed by atoms with van der Waals surface area (Å²) >= 11 is 0. The van der Waals surface area contributed by atoms with Crippen LogP contribution in [0.3, 0.4) is 0 Å². The van der Waals surface area contributed by atoms with Crippen LogP contribution in [0, 0.1) is 0 Å². The number of hydrogen-bond donors (Lipinski definition) is 5. The Bertz CT molecular complexity index is 1390. The fraction of sp³-hybridized carbons (Fsp3) is 0.143. The van der Waals surface area contributed by atoms with Gasteiger partial charge < -0.3 is 26.4 Å². The first-order chi connectivity index (χ1) is 18.0. The molecule has 0 aliphatic heterocycles. The van der Waals surface area contributed by atoms with Crippen molar-refractivity contribution in [1.29, 1.82) is 0 Å². The molecule has 38 heavy (non-hydrogen) atoms. The molecule has 7 nitrogen and oxygen atoms in total. The van der Waals surface area contributed by atoms with Gasteiger partial charge in [-0.2, -0.15) is 13.2 Å². The lowest BCUT2D eigenvalue weighted by Crippen LogP contribution is -2.43. The highest BCUT2D eigenvalue weighted by Crippen LogP contribution is 2.35. The fourth-order valence-corrected chi connectivity index (χ4v) is 3.78. The third-order valence-corrected chi connectivity index (χ3v) is 5.63. The van der Waals surface area contributed by atoms with Crippen molar-refractivity contribution >= 4 is 22.6 Å². The summed E-state index contributed by atoms with van der Waals surface area (Å²) in [6.07, 6.45) is -4.75. The molecule has 6 N–H and O–H groups in total. The van der Waals surface area contributed by atoms with Crippen molar-refractivity contribution in [2.45, 2.75) is 24.7 Å². The monoisotopic (exact) mass is 526 g/mol. The van der Waals surface area contributed by atoms with Crippen LogP contribution in [0.4, 0.5) is 13.2 Å². The van der Waals surface area contributed by atoms with Crippen LogP contribution >= 0.6 is 0 Å². The van der Waals surface area contributed by atoms with E-state index in [1.807, 2.05) is 60.7 Å². The number of aromatic hydroxyl groups is 2. The number of carboxylic acid groups (broad SMARTS) is 1. The molecular formula is C28H25F3N2O5. The Morgan fingerprint density at radius 3 is 2.03 bits per heavy atom. The molecule has 0 fully saturated rings. The molecular weight excluding hydrogens is 501 g/mol. The van der Waals surface area contributed by atoms with Crippen molar-refractivity contribution in [3.05, 3.63) is 108 Å². The molecule has 0 aromatic heterocycles. The summed E-state index contributed by atoms with van der Waals surface area (Å²) in [5.74, 6) is -2.81. The van der Waals surface area contributed by atoms with Gasteiger partial charge in [0, 0.05) is 5.56 Å². The molecule has 1 unspecified atom stereocenters. The Labute approximate surface area is 216 Å². The van der Waals surface area contributed by atoms with E-state index in [1.54, 1.807) is 30.3 Å². The van der Waals surface area contributed by atoms with Crippen LogP contribution in [0.1, 0.15) is 22.7 Å². The van der Waals surface area contributed by atoms with Crippen LogP contribution in [-0.4, -0.2) is 39.4 Å². The smallest absolute Gasteiger partial charge is 0.490 e. The Hall–Kier alpha value is -4.57. The van der Waals surface area contributed by atoms with E-state index in [0.29, 0.717) is 12.0 Å². The minimum atomic E-state index is -5.08. The van der Waals surface area contributed by atoms with E-state index >= 15 is 0 Å². The number of nitrogens with two attached hydrogens (primary N) is 1. The number of aliphatic carboxylic acids is 1. The molecule has 0 saturated carbocycles. The predicted octanol–water partition coefficient (Wildman–Crippen LogP) is 4.66. The van der Waals surface area contributed by atoms with Crippen molar-refractivity contribution in [2.24, 2.45) is 5.73 Å². The van der Waals surface area contributed by atoms with Gasteiger partial charge in [-0.05, 0) is 46.5 Å². The lowest BCUT2D eigenvalue weighted by molar-refractivity contribution is -0.192. The molecule has 0 aliphatic rings. The third-order valence-electron chi connectivity index (χ3n) is 5.63. The zero-order valence-electron chi connectivity index (χ0n) is 19.9. The van der Waals surface area contributed by atoms with E-state index in [4.69, 9.17) is 15.6 Å². The maximum atomic E-state index is 13.1. The minimum Gasteiger partial charge on any atom is -0.508 e. The van der Waals surface area contributed by atoms with Gasteiger partial charge in [0.05, 0.1) is 12.1 Å². The van der Waals surface area contributed by atoms with E-state index in [-0.39, 0.29) is 17.4 Å². The Kier molecular flexibility index (Phi) is 8.93. The molecule has 2 atom stereocenters. The Balaban J connectivity index is 0.000000505. The van der Waals surface area contributed by atoms with Crippen LogP contribution < -0.4 is 11.1 Å². The Morgan fingerprint density at radius 1 is 0.842 bits per heavy atom. The van der Waals surface area contributed by atoms with Crippen molar-refractivity contribution < 1.29 is 38.1 Å².